The molecule has 1 saturated heterocycles. The van der Waals surface area contributed by atoms with Crippen LogP contribution in [0.25, 0.3) is 16.9 Å². The molecule has 1 aromatic heterocycles. The Morgan fingerprint density at radius 1 is 0.919 bits per heavy atom. The van der Waals surface area contributed by atoms with Crippen molar-refractivity contribution in [3.63, 3.8) is 0 Å². The summed E-state index contributed by atoms with van der Waals surface area (Å²) < 4.78 is 54.4. The van der Waals surface area contributed by atoms with E-state index in [2.05, 4.69) is 5.10 Å². The summed E-state index contributed by atoms with van der Waals surface area (Å²) in [6.45, 7) is 2.14. The predicted molar refractivity (Wildman–Crippen MR) is 136 cm³/mol. The molecule has 2 aliphatic rings. The van der Waals surface area contributed by atoms with Crippen LogP contribution < -0.4 is 24.8 Å². The highest BCUT2D eigenvalue weighted by atomic mass is 19.4. The molecule has 2 aliphatic heterocycles. The normalized spacial score (nSPS) is 15.6. The molecule has 3 aromatic rings. The lowest BCUT2D eigenvalue weighted by atomic mass is 9.97. The molecule has 0 unspecified atom stereocenters. The molecule has 10 heteroatoms. The third-order valence-electron chi connectivity index (χ3n) is 7.08. The van der Waals surface area contributed by atoms with Gasteiger partial charge in [-0.25, -0.2) is 0 Å². The lowest BCUT2D eigenvalue weighted by molar-refractivity contribution is -0.137. The number of ether oxygens (including phenoxy) is 2. The number of hydrogen-bond acceptors (Lipinski definition) is 6. The van der Waals surface area contributed by atoms with E-state index in [9.17, 15) is 18.0 Å². The van der Waals surface area contributed by atoms with Gasteiger partial charge in [0.15, 0.2) is 0 Å². The number of anilines is 2. The number of halogens is 3. The lowest BCUT2D eigenvalue weighted by Crippen LogP contribution is -2.36. The summed E-state index contributed by atoms with van der Waals surface area (Å²) in [7, 11) is 4.83. The van der Waals surface area contributed by atoms with Gasteiger partial charge in [-0.05, 0) is 56.0 Å². The molecule has 0 N–H and O–H groups in total. The zero-order valence-corrected chi connectivity index (χ0v) is 21.1. The number of rotatable bonds is 5. The van der Waals surface area contributed by atoms with Crippen LogP contribution in [-0.2, 0) is 12.6 Å². The average molecular weight is 515 g/mol. The van der Waals surface area contributed by atoms with Gasteiger partial charge in [0.05, 0.1) is 31.2 Å². The van der Waals surface area contributed by atoms with Crippen molar-refractivity contribution in [2.24, 2.45) is 0 Å². The van der Waals surface area contributed by atoms with Crippen LogP contribution in [0.15, 0.2) is 41.2 Å². The fraction of sp³-hybridized carbons (Fsp3) is 0.407. The van der Waals surface area contributed by atoms with Crippen molar-refractivity contribution in [1.82, 2.24) is 9.78 Å². The Morgan fingerprint density at radius 2 is 1.59 bits per heavy atom. The molecule has 0 bridgehead atoms. The van der Waals surface area contributed by atoms with E-state index >= 15 is 0 Å². The van der Waals surface area contributed by atoms with Crippen LogP contribution in [0.1, 0.15) is 30.4 Å². The van der Waals surface area contributed by atoms with Crippen LogP contribution in [0.2, 0.25) is 0 Å². The van der Waals surface area contributed by atoms with Crippen molar-refractivity contribution in [1.29, 1.82) is 0 Å². The van der Waals surface area contributed by atoms with Crippen molar-refractivity contribution in [2.75, 3.05) is 50.7 Å². The average Bonchev–Trinajstić information content (AvgIpc) is 3.43. The van der Waals surface area contributed by atoms with Gasteiger partial charge in [-0.2, -0.15) is 23.0 Å². The van der Waals surface area contributed by atoms with Gasteiger partial charge in [0.1, 0.15) is 17.2 Å². The summed E-state index contributed by atoms with van der Waals surface area (Å²) >= 11 is 0. The van der Waals surface area contributed by atoms with E-state index in [4.69, 9.17) is 9.47 Å². The van der Waals surface area contributed by atoms with Gasteiger partial charge < -0.3 is 19.3 Å². The Morgan fingerprint density at radius 3 is 2.22 bits per heavy atom. The molecule has 5 rings (SSSR count). The van der Waals surface area contributed by atoms with Crippen molar-refractivity contribution in [3.05, 3.63) is 57.9 Å². The van der Waals surface area contributed by atoms with Crippen molar-refractivity contribution < 1.29 is 22.6 Å². The quantitative estimate of drug-likeness (QED) is 0.482. The second-order valence-corrected chi connectivity index (χ2v) is 9.41. The van der Waals surface area contributed by atoms with Crippen LogP contribution in [-0.4, -0.2) is 50.7 Å². The van der Waals surface area contributed by atoms with Gasteiger partial charge in [0.25, 0.3) is 5.56 Å². The first-order valence-electron chi connectivity index (χ1n) is 12.3. The molecule has 1 fully saturated rings. The standard InChI is InChI=1S/C27H29F3N4O3/c1-32-10-6-7-21-24(17-13-19(36-2)16-20(14-17)37-3)31-34(26(35)25(21)32)23-15-18(33-11-4-5-12-33)8-9-22(23)27(28,29)30/h8-9,13-16H,4-7,10-12H2,1-3H3. The minimum atomic E-state index is -4.67. The van der Waals surface area contributed by atoms with E-state index in [0.717, 1.165) is 43.1 Å². The van der Waals surface area contributed by atoms with E-state index in [1.807, 2.05) is 4.90 Å². The van der Waals surface area contributed by atoms with E-state index in [1.165, 1.54) is 26.4 Å². The van der Waals surface area contributed by atoms with E-state index in [-0.39, 0.29) is 5.69 Å². The first-order chi connectivity index (χ1) is 17.7. The summed E-state index contributed by atoms with van der Waals surface area (Å²) in [6.07, 6.45) is -1.35. The smallest absolute Gasteiger partial charge is 0.418 e. The molecule has 0 spiro atoms. The molecule has 0 aliphatic carbocycles. The molecule has 0 radical (unpaired) electrons. The lowest BCUT2D eigenvalue weighted by Gasteiger charge is -2.29. The summed E-state index contributed by atoms with van der Waals surface area (Å²) in [5.41, 5.74) is 0.980. The van der Waals surface area contributed by atoms with Gasteiger partial charge >= 0.3 is 6.18 Å². The van der Waals surface area contributed by atoms with Crippen LogP contribution in [0.4, 0.5) is 24.5 Å². The molecular weight excluding hydrogens is 485 g/mol. The minimum absolute atomic E-state index is 0.278. The van der Waals surface area contributed by atoms with Gasteiger partial charge in [-0.15, -0.1) is 0 Å². The zero-order valence-electron chi connectivity index (χ0n) is 21.1. The van der Waals surface area contributed by atoms with Crippen molar-refractivity contribution >= 4 is 11.4 Å². The summed E-state index contributed by atoms with van der Waals surface area (Å²) in [5, 5.41) is 4.60. The zero-order chi connectivity index (χ0) is 26.3. The van der Waals surface area contributed by atoms with Gasteiger partial charge in [0, 0.05) is 49.6 Å². The fourth-order valence-electron chi connectivity index (χ4n) is 5.23. The van der Waals surface area contributed by atoms with Crippen LogP contribution in [0.3, 0.4) is 0 Å². The second-order valence-electron chi connectivity index (χ2n) is 9.41. The molecule has 0 saturated carbocycles. The highest BCUT2D eigenvalue weighted by molar-refractivity contribution is 5.74. The molecule has 37 heavy (non-hydrogen) atoms. The maximum Gasteiger partial charge on any atom is 0.418 e. The predicted octanol–water partition coefficient (Wildman–Crippen LogP) is 4.92. The molecule has 7 nitrogen and oxygen atoms in total. The number of methoxy groups -OCH3 is 2. The number of benzene rings is 2. The minimum Gasteiger partial charge on any atom is -0.497 e. The highest BCUT2D eigenvalue weighted by Gasteiger charge is 2.36. The second kappa shape index (κ2) is 9.64. The number of alkyl halides is 3. The SMILES string of the molecule is COc1cc(OC)cc(-c2nn(-c3cc(N4CCCC4)ccc3C(F)(F)F)c(=O)c3c2CCCN3C)c1. The monoisotopic (exact) mass is 514 g/mol. The maximum atomic E-state index is 14.2. The number of nitrogens with zero attached hydrogens (tertiary/aromatic N) is 4. The first-order valence-corrected chi connectivity index (χ1v) is 12.3. The van der Waals surface area contributed by atoms with Crippen LogP contribution in [0, 0.1) is 0 Å². The summed E-state index contributed by atoms with van der Waals surface area (Å²) in [6, 6.07) is 9.17. The Bertz CT molecular complexity index is 1360. The topological polar surface area (TPSA) is 59.8 Å². The van der Waals surface area contributed by atoms with Gasteiger partial charge in [-0.3, -0.25) is 4.79 Å². The van der Waals surface area contributed by atoms with Crippen molar-refractivity contribution in [3.8, 4) is 28.4 Å². The third-order valence-corrected chi connectivity index (χ3v) is 7.08. The highest BCUT2D eigenvalue weighted by Crippen LogP contribution is 2.39. The first kappa shape index (κ1) is 25.0. The Balaban J connectivity index is 1.81. The van der Waals surface area contributed by atoms with E-state index in [0.29, 0.717) is 52.7 Å². The summed E-state index contributed by atoms with van der Waals surface area (Å²) in [4.78, 5) is 17.6. The molecule has 2 aromatic carbocycles. The van der Waals surface area contributed by atoms with Gasteiger partial charge in [0.2, 0.25) is 0 Å². The molecule has 0 atom stereocenters. The number of aromatic nitrogens is 2. The molecule has 0 amide bonds. The maximum absolute atomic E-state index is 14.2. The summed E-state index contributed by atoms with van der Waals surface area (Å²) in [5.74, 6) is 1.03. The fourth-order valence-corrected chi connectivity index (χ4v) is 5.23. The van der Waals surface area contributed by atoms with Gasteiger partial charge in [-0.1, -0.05) is 0 Å². The Kier molecular flexibility index (Phi) is 6.51. The van der Waals surface area contributed by atoms with Crippen LogP contribution in [0.5, 0.6) is 11.5 Å². The third kappa shape index (κ3) is 4.60. The number of hydrogen-bond donors (Lipinski definition) is 0. The molecular formula is C27H29F3N4O3. The van der Waals surface area contributed by atoms with E-state index in [1.54, 1.807) is 30.1 Å². The van der Waals surface area contributed by atoms with Crippen molar-refractivity contribution in [2.45, 2.75) is 31.9 Å². The largest absolute Gasteiger partial charge is 0.497 e. The molecule has 196 valence electrons. The number of fused-ring (bicyclic) bond motifs is 1. The van der Waals surface area contributed by atoms with Crippen LogP contribution >= 0.6 is 0 Å². The van der Waals surface area contributed by atoms with E-state index < -0.39 is 17.3 Å². The Labute approximate surface area is 213 Å². The Hall–Kier alpha value is -3.69. The molecule has 3 heterocycles.